The lowest BCUT2D eigenvalue weighted by atomic mass is 10.4. The number of thiol groups is 1. The molecule has 5 heteroatoms. The van der Waals surface area contributed by atoms with Crippen LogP contribution >= 0.6 is 35.9 Å². The van der Waals surface area contributed by atoms with Gasteiger partial charge < -0.3 is 0 Å². The Morgan fingerprint density at radius 2 is 2.64 bits per heavy atom. The molecule has 0 saturated heterocycles. The van der Waals surface area contributed by atoms with Crippen molar-refractivity contribution in [3.8, 4) is 0 Å². The first kappa shape index (κ1) is 9.09. The second kappa shape index (κ2) is 4.79. The molecule has 0 aliphatic rings. The topological polar surface area (TPSA) is 25.8 Å². The van der Waals surface area contributed by atoms with Crippen molar-refractivity contribution in [2.24, 2.45) is 0 Å². The van der Waals surface area contributed by atoms with Gasteiger partial charge in [0.1, 0.15) is 6.33 Å². The average Bonchev–Trinajstić information content (AvgIpc) is 2.52. The molecule has 2 nitrogen and oxygen atoms in total. The molecular weight excluding hydrogens is 196 g/mol. The lowest BCUT2D eigenvalue weighted by molar-refractivity contribution is 1.21. The zero-order chi connectivity index (χ0) is 8.10. The Morgan fingerprint density at radius 1 is 1.82 bits per heavy atom. The highest BCUT2D eigenvalue weighted by Crippen LogP contribution is 2.20. The Labute approximate surface area is 79.7 Å². The quantitative estimate of drug-likeness (QED) is 0.462. The summed E-state index contributed by atoms with van der Waals surface area (Å²) in [5, 5.41) is 0. The number of hydrogen-bond donors (Lipinski definition) is 1. The second-order valence-corrected chi connectivity index (χ2v) is 4.22. The molecule has 0 fully saturated rings. The molecule has 0 aliphatic carbocycles. The molecule has 0 unspecified atom stereocenters. The van der Waals surface area contributed by atoms with Crippen molar-refractivity contribution in [3.63, 3.8) is 0 Å². The first-order valence-corrected chi connectivity index (χ1v) is 5.39. The van der Waals surface area contributed by atoms with Gasteiger partial charge in [-0.25, -0.2) is 4.98 Å². The maximum absolute atomic E-state index is 4.10. The molecule has 0 aromatic carbocycles. The summed E-state index contributed by atoms with van der Waals surface area (Å²) in [7, 11) is 0. The minimum absolute atomic E-state index is 0.742. The molecular formula is C6H8N2S3. The molecule has 0 N–H and O–H groups in total. The largest absolute Gasteiger partial charge is 0.216 e. The third-order valence-electron chi connectivity index (χ3n) is 0.964. The number of aromatic nitrogens is 2. The molecule has 0 spiro atoms. The summed E-state index contributed by atoms with van der Waals surface area (Å²) in [6.45, 7) is 3.83. The summed E-state index contributed by atoms with van der Waals surface area (Å²) in [6, 6.07) is 0. The minimum atomic E-state index is 0.742. The van der Waals surface area contributed by atoms with Gasteiger partial charge in [0, 0.05) is 11.5 Å². The molecule has 60 valence electrons. The molecule has 0 atom stereocenters. The Balaban J connectivity index is 2.29. The van der Waals surface area contributed by atoms with Crippen molar-refractivity contribution < 1.29 is 0 Å². The van der Waals surface area contributed by atoms with Crippen LogP contribution in [0.15, 0.2) is 22.8 Å². The van der Waals surface area contributed by atoms with Gasteiger partial charge in [0.05, 0.1) is 0 Å². The molecule has 1 aromatic heterocycles. The molecule has 11 heavy (non-hydrogen) atoms. The van der Waals surface area contributed by atoms with E-state index in [4.69, 9.17) is 0 Å². The van der Waals surface area contributed by atoms with E-state index >= 15 is 0 Å². The van der Waals surface area contributed by atoms with Gasteiger partial charge in [-0.3, -0.25) is 0 Å². The average molecular weight is 204 g/mol. The van der Waals surface area contributed by atoms with E-state index in [9.17, 15) is 0 Å². The van der Waals surface area contributed by atoms with E-state index in [2.05, 4.69) is 28.6 Å². The van der Waals surface area contributed by atoms with Crippen LogP contribution in [0, 0.1) is 0 Å². The number of nitrogens with zero attached hydrogens (tertiary/aromatic N) is 2. The van der Waals surface area contributed by atoms with Crippen LogP contribution in [0.5, 0.6) is 0 Å². The van der Waals surface area contributed by atoms with Gasteiger partial charge in [-0.05, 0) is 11.5 Å². The van der Waals surface area contributed by atoms with Crippen LogP contribution in [-0.4, -0.2) is 20.9 Å². The predicted octanol–water partition coefficient (Wildman–Crippen LogP) is 2.12. The number of thioether (sulfide) groups is 1. The van der Waals surface area contributed by atoms with Crippen LogP contribution in [0.4, 0.5) is 0 Å². The monoisotopic (exact) mass is 204 g/mol. The molecule has 0 aliphatic heterocycles. The zero-order valence-corrected chi connectivity index (χ0v) is 8.38. The van der Waals surface area contributed by atoms with Crippen LogP contribution in [0.1, 0.15) is 0 Å². The van der Waals surface area contributed by atoms with Crippen LogP contribution in [0.25, 0.3) is 0 Å². The van der Waals surface area contributed by atoms with Gasteiger partial charge in [0.2, 0.25) is 0 Å². The first-order chi connectivity index (χ1) is 5.33. The Morgan fingerprint density at radius 3 is 3.18 bits per heavy atom. The third-order valence-corrected chi connectivity index (χ3v) is 3.36. The van der Waals surface area contributed by atoms with E-state index < -0.39 is 0 Å². The fourth-order valence-electron chi connectivity index (χ4n) is 0.436. The van der Waals surface area contributed by atoms with Crippen molar-refractivity contribution in [1.29, 1.82) is 0 Å². The molecule has 1 rings (SSSR count). The van der Waals surface area contributed by atoms with Crippen molar-refractivity contribution in [1.82, 2.24) is 9.36 Å². The molecule has 1 heterocycles. The van der Waals surface area contributed by atoms with E-state index in [-0.39, 0.29) is 0 Å². The maximum Gasteiger partial charge on any atom is 0.170 e. The summed E-state index contributed by atoms with van der Waals surface area (Å²) < 4.78 is 4.88. The lowest BCUT2D eigenvalue weighted by Gasteiger charge is -1.96. The van der Waals surface area contributed by atoms with E-state index in [1.54, 1.807) is 18.1 Å². The van der Waals surface area contributed by atoms with E-state index in [0.717, 1.165) is 21.4 Å². The SMILES string of the molecule is C=C(CS)CSc1ncns1. The highest BCUT2D eigenvalue weighted by Gasteiger charge is 1.97. The van der Waals surface area contributed by atoms with Gasteiger partial charge in [-0.2, -0.15) is 17.0 Å². The normalized spacial score (nSPS) is 9.91. The predicted molar refractivity (Wildman–Crippen MR) is 53.6 cm³/mol. The molecule has 0 bridgehead atoms. The second-order valence-electron chi connectivity index (χ2n) is 1.90. The highest BCUT2D eigenvalue weighted by atomic mass is 32.2. The smallest absolute Gasteiger partial charge is 0.170 e. The van der Waals surface area contributed by atoms with Crippen LogP contribution in [-0.2, 0) is 0 Å². The summed E-state index contributed by atoms with van der Waals surface area (Å²) in [6.07, 6.45) is 1.57. The van der Waals surface area contributed by atoms with Crippen molar-refractivity contribution in [2.75, 3.05) is 11.5 Å². The minimum Gasteiger partial charge on any atom is -0.216 e. The number of rotatable bonds is 4. The molecule has 0 radical (unpaired) electrons. The summed E-state index contributed by atoms with van der Waals surface area (Å²) in [5.74, 6) is 1.63. The van der Waals surface area contributed by atoms with Crippen LogP contribution in [0.2, 0.25) is 0 Å². The fourth-order valence-corrected chi connectivity index (χ4v) is 2.05. The number of hydrogen-bond acceptors (Lipinski definition) is 5. The summed E-state index contributed by atoms with van der Waals surface area (Å²) >= 11 is 7.17. The van der Waals surface area contributed by atoms with Gasteiger partial charge in [0.25, 0.3) is 0 Å². The van der Waals surface area contributed by atoms with E-state index in [1.807, 2.05) is 0 Å². The Bertz CT molecular complexity index is 220. The zero-order valence-electron chi connectivity index (χ0n) is 5.86. The third kappa shape index (κ3) is 3.27. The lowest BCUT2D eigenvalue weighted by Crippen LogP contribution is -1.85. The van der Waals surface area contributed by atoms with Crippen molar-refractivity contribution in [3.05, 3.63) is 18.5 Å². The van der Waals surface area contributed by atoms with Crippen molar-refractivity contribution in [2.45, 2.75) is 4.34 Å². The summed E-state index contributed by atoms with van der Waals surface area (Å²) in [5.41, 5.74) is 1.12. The van der Waals surface area contributed by atoms with E-state index in [0.29, 0.717) is 0 Å². The van der Waals surface area contributed by atoms with Gasteiger partial charge in [-0.1, -0.05) is 23.9 Å². The van der Waals surface area contributed by atoms with Gasteiger partial charge in [0.15, 0.2) is 4.34 Å². The van der Waals surface area contributed by atoms with Crippen molar-refractivity contribution >= 4 is 35.9 Å². The Kier molecular flexibility index (Phi) is 3.96. The maximum atomic E-state index is 4.10. The molecule has 0 saturated carbocycles. The summed E-state index contributed by atoms with van der Waals surface area (Å²) in [4.78, 5) is 4.03. The van der Waals surface area contributed by atoms with Crippen LogP contribution in [0.3, 0.4) is 0 Å². The standard InChI is InChI=1S/C6H8N2S3/c1-5(2-9)3-10-6-7-4-8-11-6/h4,9H,1-3H2. The molecule has 1 aromatic rings. The van der Waals surface area contributed by atoms with Gasteiger partial charge in [-0.15, -0.1) is 0 Å². The van der Waals surface area contributed by atoms with E-state index in [1.165, 1.54) is 11.5 Å². The highest BCUT2D eigenvalue weighted by molar-refractivity contribution is 8.01. The van der Waals surface area contributed by atoms with Gasteiger partial charge >= 0.3 is 0 Å². The first-order valence-electron chi connectivity index (χ1n) is 3.00. The fraction of sp³-hybridized carbons (Fsp3) is 0.333. The van der Waals surface area contributed by atoms with Crippen LogP contribution < -0.4 is 0 Å². The molecule has 0 amide bonds. The Hall–Kier alpha value is -0.0000000000000000833.